The second kappa shape index (κ2) is 11.5. The predicted octanol–water partition coefficient (Wildman–Crippen LogP) is 3.40. The Labute approximate surface area is 224 Å². The largest absolute Gasteiger partial charge is 0.457 e. The first-order valence-corrected chi connectivity index (χ1v) is 13.8. The van der Waals surface area contributed by atoms with Gasteiger partial charge in [0.2, 0.25) is 0 Å². The minimum absolute atomic E-state index is 0.0191. The molecule has 4 rings (SSSR count). The van der Waals surface area contributed by atoms with E-state index < -0.39 is 54.2 Å². The molecule has 3 N–H and O–H groups in total. The van der Waals surface area contributed by atoms with Crippen molar-refractivity contribution in [1.29, 1.82) is 0 Å². The molecule has 1 spiro atoms. The van der Waals surface area contributed by atoms with E-state index in [1.165, 1.54) is 7.11 Å². The summed E-state index contributed by atoms with van der Waals surface area (Å²) in [6, 6.07) is 3.40. The van der Waals surface area contributed by atoms with Gasteiger partial charge in [-0.1, -0.05) is 19.9 Å². The van der Waals surface area contributed by atoms with E-state index in [0.717, 1.165) is 18.4 Å². The number of aromatic nitrogens is 1. The average molecular weight is 534 g/mol. The van der Waals surface area contributed by atoms with Crippen molar-refractivity contribution in [2.45, 2.75) is 103 Å². The molecule has 0 unspecified atom stereocenters. The normalized spacial score (nSPS) is 38.1. The lowest BCUT2D eigenvalue weighted by molar-refractivity contribution is -0.173. The highest BCUT2D eigenvalue weighted by atomic mass is 16.6. The highest BCUT2D eigenvalue weighted by Crippen LogP contribution is 2.56. The van der Waals surface area contributed by atoms with Crippen LogP contribution in [0.15, 0.2) is 30.0 Å². The third kappa shape index (κ3) is 5.43. The molecule has 11 atom stereocenters. The summed E-state index contributed by atoms with van der Waals surface area (Å²) < 4.78 is 24.4. The number of carbonyl (C=O) groups excluding carboxylic acids is 2. The van der Waals surface area contributed by atoms with Gasteiger partial charge in [-0.3, -0.25) is 0 Å². The van der Waals surface area contributed by atoms with E-state index in [4.69, 9.17) is 18.9 Å². The molecule has 212 valence electrons. The lowest BCUT2D eigenvalue weighted by Gasteiger charge is -2.43. The van der Waals surface area contributed by atoms with Crippen molar-refractivity contribution in [3.63, 3.8) is 0 Å². The Kier molecular flexibility index (Phi) is 8.71. The standard InChI is InChI=1S/C29H43NO8/c1-15-12-16(2)29-14-20(9-10-21(29)13-23(35-6)28(34)36-24(15)19(5)32)26(38-29)25(17(3)18(4)31)37-27(33)22-8-7-11-30-22/h7-8,11-12,15,17-21,23-26,30-32H,9-10,13-14H2,1-6H3/b16-12+/t15-,17-,18+,19-,20-,21-,23+,24+,25-,26-,29+/m1/s1. The molecular weight excluding hydrogens is 490 g/mol. The Hall–Kier alpha value is -2.20. The van der Waals surface area contributed by atoms with Gasteiger partial charge < -0.3 is 34.1 Å². The molecule has 1 saturated heterocycles. The minimum atomic E-state index is -0.858. The van der Waals surface area contributed by atoms with Crippen LogP contribution in [-0.4, -0.2) is 76.5 Å². The van der Waals surface area contributed by atoms with Crippen molar-refractivity contribution in [2.75, 3.05) is 7.11 Å². The van der Waals surface area contributed by atoms with Crippen molar-refractivity contribution >= 4 is 11.9 Å². The summed E-state index contributed by atoms with van der Waals surface area (Å²) in [6.45, 7) is 9.15. The van der Waals surface area contributed by atoms with Gasteiger partial charge in [0.15, 0.2) is 6.10 Å². The van der Waals surface area contributed by atoms with Crippen molar-refractivity contribution in [3.05, 3.63) is 35.7 Å². The number of aliphatic hydroxyl groups is 2. The quantitative estimate of drug-likeness (QED) is 0.360. The molecule has 0 amide bonds. The van der Waals surface area contributed by atoms with E-state index in [0.29, 0.717) is 18.5 Å². The van der Waals surface area contributed by atoms with Crippen LogP contribution in [0.4, 0.5) is 0 Å². The number of fused-ring (bicyclic) bond motifs is 1. The van der Waals surface area contributed by atoms with Gasteiger partial charge >= 0.3 is 11.9 Å². The first-order valence-electron chi connectivity index (χ1n) is 13.8. The Morgan fingerprint density at radius 2 is 1.95 bits per heavy atom. The molecule has 2 aliphatic heterocycles. The van der Waals surface area contributed by atoms with Crippen molar-refractivity contribution < 1.29 is 38.7 Å². The highest BCUT2D eigenvalue weighted by molar-refractivity contribution is 5.87. The number of H-pyrrole nitrogens is 1. The Morgan fingerprint density at radius 1 is 1.21 bits per heavy atom. The first-order chi connectivity index (χ1) is 18.0. The van der Waals surface area contributed by atoms with Crippen molar-refractivity contribution in [2.24, 2.45) is 23.7 Å². The fourth-order valence-corrected chi connectivity index (χ4v) is 6.71. The summed E-state index contributed by atoms with van der Waals surface area (Å²) in [7, 11) is 1.50. The number of hydrogen-bond acceptors (Lipinski definition) is 8. The molecule has 0 radical (unpaired) electrons. The van der Waals surface area contributed by atoms with Gasteiger partial charge in [0.1, 0.15) is 17.9 Å². The summed E-state index contributed by atoms with van der Waals surface area (Å²) in [5, 5.41) is 20.9. The summed E-state index contributed by atoms with van der Waals surface area (Å²) in [6.07, 6.45) is 2.33. The zero-order chi connectivity index (χ0) is 27.8. The second-order valence-corrected chi connectivity index (χ2v) is 11.6. The van der Waals surface area contributed by atoms with Crippen LogP contribution < -0.4 is 0 Å². The van der Waals surface area contributed by atoms with Gasteiger partial charge in [-0.25, -0.2) is 9.59 Å². The topological polar surface area (TPSA) is 127 Å². The molecule has 2 fully saturated rings. The highest BCUT2D eigenvalue weighted by Gasteiger charge is 2.59. The maximum atomic E-state index is 13.0. The smallest absolute Gasteiger partial charge is 0.355 e. The number of ether oxygens (including phenoxy) is 4. The van der Waals surface area contributed by atoms with E-state index in [1.807, 2.05) is 26.8 Å². The van der Waals surface area contributed by atoms with Crippen molar-refractivity contribution in [1.82, 2.24) is 4.98 Å². The van der Waals surface area contributed by atoms with Crippen LogP contribution in [0.2, 0.25) is 0 Å². The van der Waals surface area contributed by atoms with Gasteiger partial charge in [0.25, 0.3) is 0 Å². The lowest BCUT2D eigenvalue weighted by atomic mass is 9.66. The maximum absolute atomic E-state index is 13.0. The summed E-state index contributed by atoms with van der Waals surface area (Å²) >= 11 is 0. The van der Waals surface area contributed by atoms with Crippen molar-refractivity contribution in [3.8, 4) is 0 Å². The monoisotopic (exact) mass is 533 g/mol. The van der Waals surface area contributed by atoms with E-state index >= 15 is 0 Å². The molecule has 1 saturated carbocycles. The van der Waals surface area contributed by atoms with Crippen LogP contribution >= 0.6 is 0 Å². The third-order valence-corrected chi connectivity index (χ3v) is 9.06. The average Bonchev–Trinajstić information content (AvgIpc) is 3.51. The zero-order valence-electron chi connectivity index (χ0n) is 23.3. The number of hydrogen-bond donors (Lipinski definition) is 3. The fraction of sp³-hybridized carbons (Fsp3) is 0.724. The lowest BCUT2D eigenvalue weighted by Crippen LogP contribution is -2.48. The van der Waals surface area contributed by atoms with Crippen LogP contribution in [0.3, 0.4) is 0 Å². The van der Waals surface area contributed by atoms with Gasteiger partial charge in [-0.2, -0.15) is 0 Å². The predicted molar refractivity (Wildman–Crippen MR) is 139 cm³/mol. The molecule has 9 heteroatoms. The summed E-state index contributed by atoms with van der Waals surface area (Å²) in [5.74, 6) is -1.50. The van der Waals surface area contributed by atoms with Gasteiger partial charge in [0.05, 0.1) is 23.9 Å². The molecular formula is C29H43NO8. The molecule has 0 aromatic carbocycles. The van der Waals surface area contributed by atoms with E-state index in [-0.39, 0.29) is 23.7 Å². The van der Waals surface area contributed by atoms with Gasteiger partial charge in [-0.15, -0.1) is 0 Å². The number of aromatic amines is 1. The van der Waals surface area contributed by atoms with Crippen LogP contribution in [0.25, 0.3) is 0 Å². The van der Waals surface area contributed by atoms with Crippen LogP contribution in [0.5, 0.6) is 0 Å². The summed E-state index contributed by atoms with van der Waals surface area (Å²) in [4.78, 5) is 28.9. The van der Waals surface area contributed by atoms with E-state index in [9.17, 15) is 19.8 Å². The second-order valence-electron chi connectivity index (χ2n) is 11.6. The molecule has 1 aliphatic carbocycles. The number of aliphatic hydroxyl groups excluding tert-OH is 2. The molecule has 2 bridgehead atoms. The summed E-state index contributed by atoms with van der Waals surface area (Å²) in [5.41, 5.74) is 0.674. The fourth-order valence-electron chi connectivity index (χ4n) is 6.71. The molecule has 3 heterocycles. The number of methoxy groups -OCH3 is 1. The zero-order valence-corrected chi connectivity index (χ0v) is 23.3. The van der Waals surface area contributed by atoms with E-state index in [2.05, 4.69) is 4.98 Å². The number of cyclic esters (lactones) is 1. The Bertz CT molecular complexity index is 1000. The number of rotatable bonds is 7. The van der Waals surface area contributed by atoms with Gasteiger partial charge in [0, 0.05) is 25.1 Å². The van der Waals surface area contributed by atoms with Crippen LogP contribution in [0, 0.1) is 23.7 Å². The Morgan fingerprint density at radius 3 is 2.55 bits per heavy atom. The van der Waals surface area contributed by atoms with Gasteiger partial charge in [-0.05, 0) is 76.0 Å². The molecule has 38 heavy (non-hydrogen) atoms. The number of nitrogens with one attached hydrogen (secondary N) is 1. The number of esters is 2. The van der Waals surface area contributed by atoms with E-state index in [1.54, 1.807) is 32.2 Å². The Balaban J connectivity index is 1.72. The van der Waals surface area contributed by atoms with Crippen LogP contribution in [0.1, 0.15) is 70.8 Å². The molecule has 9 nitrogen and oxygen atoms in total. The molecule has 3 aliphatic rings. The number of carbonyl (C=O) groups is 2. The molecule has 1 aromatic heterocycles. The SMILES string of the molecule is CO[C@H]1C[C@H]2CC[C@@H]3C[C@]2(O[C@H]3[C@H](OC(=O)c2ccc[nH]2)[C@H](C)[C@H](C)O)/C(C)=C/[C@@H](C)[C@@H]([C@@H](C)O)OC1=O. The maximum Gasteiger partial charge on any atom is 0.355 e. The molecule has 1 aromatic rings. The van der Waals surface area contributed by atoms with Crippen LogP contribution in [-0.2, 0) is 23.7 Å². The third-order valence-electron chi connectivity index (χ3n) is 9.06. The minimum Gasteiger partial charge on any atom is -0.457 e. The first kappa shape index (κ1) is 28.8.